The van der Waals surface area contributed by atoms with Gasteiger partial charge in [-0.25, -0.2) is 15.0 Å². The fourth-order valence-electron chi connectivity index (χ4n) is 4.06. The van der Waals surface area contributed by atoms with Gasteiger partial charge in [0.05, 0.1) is 12.6 Å². The largest absolute Gasteiger partial charge is 0.497 e. The number of hydrogen-bond donors (Lipinski definition) is 1. The van der Waals surface area contributed by atoms with E-state index in [-0.39, 0.29) is 0 Å². The summed E-state index contributed by atoms with van der Waals surface area (Å²) in [5.41, 5.74) is 9.77. The van der Waals surface area contributed by atoms with E-state index in [0.29, 0.717) is 24.3 Å². The number of ether oxygens (including phenoxy) is 1. The maximum absolute atomic E-state index is 6.13. The number of anilines is 1. The molecule has 0 unspecified atom stereocenters. The van der Waals surface area contributed by atoms with Crippen LogP contribution < -0.4 is 10.5 Å². The van der Waals surface area contributed by atoms with E-state index < -0.39 is 0 Å². The van der Waals surface area contributed by atoms with Gasteiger partial charge in [0.25, 0.3) is 0 Å². The lowest BCUT2D eigenvalue weighted by Gasteiger charge is -2.12. The minimum Gasteiger partial charge on any atom is -0.497 e. The van der Waals surface area contributed by atoms with E-state index in [4.69, 9.17) is 21.9 Å². The maximum Gasteiger partial charge on any atom is 0.175 e. The summed E-state index contributed by atoms with van der Waals surface area (Å²) in [5.74, 6) is 3.92. The summed E-state index contributed by atoms with van der Waals surface area (Å²) in [7, 11) is 1.68. The maximum atomic E-state index is 6.13. The van der Waals surface area contributed by atoms with Gasteiger partial charge in [-0.3, -0.25) is 0 Å². The lowest BCUT2D eigenvalue weighted by Crippen LogP contribution is -2.02. The van der Waals surface area contributed by atoms with Gasteiger partial charge in [-0.1, -0.05) is 28.1 Å². The predicted molar refractivity (Wildman–Crippen MR) is 144 cm³/mol. The third-order valence-electron chi connectivity index (χ3n) is 5.73. The Kier molecular flexibility index (Phi) is 6.66. The number of fused-ring (bicyclic) bond motifs is 2. The van der Waals surface area contributed by atoms with E-state index in [1.165, 1.54) is 11.9 Å². The number of imidazole rings is 1. The van der Waals surface area contributed by atoms with E-state index >= 15 is 0 Å². The van der Waals surface area contributed by atoms with Gasteiger partial charge >= 0.3 is 0 Å². The highest BCUT2D eigenvalue weighted by molar-refractivity contribution is 9.10. The van der Waals surface area contributed by atoms with Gasteiger partial charge in [0.2, 0.25) is 0 Å². The van der Waals surface area contributed by atoms with Crippen molar-refractivity contribution in [1.29, 1.82) is 0 Å². The summed E-state index contributed by atoms with van der Waals surface area (Å²) in [6, 6.07) is 14.5. The molecule has 5 aromatic rings. The Labute approximate surface area is 215 Å². The van der Waals surface area contributed by atoms with E-state index in [9.17, 15) is 0 Å². The van der Waals surface area contributed by atoms with Crippen molar-refractivity contribution in [2.24, 2.45) is 0 Å². The number of nitrogens with two attached hydrogens (primary N) is 1. The smallest absolute Gasteiger partial charge is 0.175 e. The molecule has 0 fully saturated rings. The quantitative estimate of drug-likeness (QED) is 0.197. The highest BCUT2D eigenvalue weighted by atomic mass is 79.9. The molecule has 3 aromatic heterocycles. The van der Waals surface area contributed by atoms with Gasteiger partial charge in [-0.2, -0.15) is 0 Å². The Morgan fingerprint density at radius 2 is 2.00 bits per heavy atom. The third-order valence-corrected chi connectivity index (χ3v) is 7.21. The number of rotatable bonds is 8. The van der Waals surface area contributed by atoms with E-state index in [1.807, 2.05) is 12.1 Å². The topological polar surface area (TPSA) is 83.8 Å². The first-order valence-corrected chi connectivity index (χ1v) is 12.7. The minimum absolute atomic E-state index is 0.370. The van der Waals surface area contributed by atoms with Crippen LogP contribution in [0, 0.1) is 12.3 Å². The zero-order valence-electron chi connectivity index (χ0n) is 19.1. The Morgan fingerprint density at radius 1 is 1.17 bits per heavy atom. The average molecular weight is 547 g/mol. The highest BCUT2D eigenvalue weighted by Crippen LogP contribution is 2.38. The molecule has 35 heavy (non-hydrogen) atoms. The van der Waals surface area contributed by atoms with Crippen LogP contribution in [0.2, 0.25) is 0 Å². The van der Waals surface area contributed by atoms with Gasteiger partial charge in [0.15, 0.2) is 22.1 Å². The Hall–Kier alpha value is -3.48. The van der Waals surface area contributed by atoms with Crippen molar-refractivity contribution >= 4 is 55.6 Å². The van der Waals surface area contributed by atoms with Gasteiger partial charge in [-0.15, -0.1) is 12.3 Å². The lowest BCUT2D eigenvalue weighted by molar-refractivity contribution is 0.414. The number of nitrogen functional groups attached to an aromatic ring is 1. The van der Waals surface area contributed by atoms with Crippen LogP contribution in [0.15, 0.2) is 69.5 Å². The summed E-state index contributed by atoms with van der Waals surface area (Å²) in [6.07, 6.45) is 10.6. The molecular formula is C26H23BrN6OS. The number of aromatic nitrogens is 5. The Bertz CT molecular complexity index is 1550. The summed E-state index contributed by atoms with van der Waals surface area (Å²) in [5, 5.41) is 1.95. The van der Waals surface area contributed by atoms with Gasteiger partial charge in [0, 0.05) is 40.5 Å². The first kappa shape index (κ1) is 23.3. The lowest BCUT2D eigenvalue weighted by atomic mass is 10.2. The van der Waals surface area contributed by atoms with Gasteiger partial charge < -0.3 is 19.6 Å². The van der Waals surface area contributed by atoms with Crippen molar-refractivity contribution in [3.8, 4) is 18.1 Å². The standard InChI is InChI=1S/C26H23BrN6OS/c1-3-4-5-11-33-25-22(24(28)29-16-30-25)31-26(33)35-21-14-19(27)13-18-10-12-32(23(18)21)15-17-6-8-20(34-2)9-7-17/h1,6-10,12-14,16H,4-5,11,15H2,2H3,(H2,28,29,30). The minimum atomic E-state index is 0.370. The molecule has 3 heterocycles. The Balaban J connectivity index is 1.57. The summed E-state index contributed by atoms with van der Waals surface area (Å²) in [6.45, 7) is 1.43. The van der Waals surface area contributed by atoms with E-state index in [1.54, 1.807) is 18.9 Å². The SMILES string of the molecule is C#CCCCn1c(Sc2cc(Br)cc3ccn(Cc4ccc(OC)cc4)c23)nc2c(N)ncnc21. The molecule has 0 spiro atoms. The van der Waals surface area contributed by atoms with Crippen LogP contribution in [0.25, 0.3) is 22.1 Å². The zero-order valence-corrected chi connectivity index (χ0v) is 21.5. The van der Waals surface area contributed by atoms with Gasteiger partial charge in [-0.05, 0) is 54.1 Å². The zero-order chi connectivity index (χ0) is 24.4. The molecule has 0 saturated heterocycles. The molecule has 7 nitrogen and oxygen atoms in total. The monoisotopic (exact) mass is 546 g/mol. The molecule has 0 atom stereocenters. The number of aryl methyl sites for hydroxylation is 1. The van der Waals surface area contributed by atoms with Gasteiger partial charge in [0.1, 0.15) is 12.1 Å². The van der Waals surface area contributed by atoms with Crippen LogP contribution in [-0.2, 0) is 13.1 Å². The molecule has 176 valence electrons. The third kappa shape index (κ3) is 4.72. The molecule has 0 radical (unpaired) electrons. The second kappa shape index (κ2) is 10.0. The van der Waals surface area contributed by atoms with Crippen molar-refractivity contribution in [2.75, 3.05) is 12.8 Å². The molecule has 0 aliphatic heterocycles. The first-order valence-electron chi connectivity index (χ1n) is 11.1. The number of benzene rings is 2. The molecule has 0 bridgehead atoms. The Morgan fingerprint density at radius 3 is 2.77 bits per heavy atom. The van der Waals surface area contributed by atoms with E-state index in [0.717, 1.165) is 49.8 Å². The van der Waals surface area contributed by atoms with Crippen LogP contribution >= 0.6 is 27.7 Å². The van der Waals surface area contributed by atoms with Crippen molar-refractivity contribution in [2.45, 2.75) is 36.0 Å². The molecule has 0 aliphatic carbocycles. The van der Waals surface area contributed by atoms with Crippen molar-refractivity contribution in [3.05, 3.63) is 65.0 Å². The fraction of sp³-hybridized carbons (Fsp3) is 0.192. The van der Waals surface area contributed by atoms with Crippen molar-refractivity contribution in [1.82, 2.24) is 24.1 Å². The number of hydrogen-bond acceptors (Lipinski definition) is 6. The molecular weight excluding hydrogens is 524 g/mol. The van der Waals surface area contributed by atoms with Crippen molar-refractivity contribution < 1.29 is 4.74 Å². The molecule has 9 heteroatoms. The molecule has 5 rings (SSSR count). The number of halogens is 1. The van der Waals surface area contributed by atoms with Crippen LogP contribution in [0.1, 0.15) is 18.4 Å². The average Bonchev–Trinajstić information content (AvgIpc) is 3.42. The van der Waals surface area contributed by atoms with Crippen LogP contribution in [0.5, 0.6) is 5.75 Å². The second-order valence-corrected chi connectivity index (χ2v) is 9.95. The van der Waals surface area contributed by atoms with E-state index in [2.05, 4.69) is 77.5 Å². The van der Waals surface area contributed by atoms with Crippen LogP contribution in [0.3, 0.4) is 0 Å². The highest BCUT2D eigenvalue weighted by Gasteiger charge is 2.18. The van der Waals surface area contributed by atoms with Crippen LogP contribution in [0.4, 0.5) is 5.82 Å². The molecule has 2 N–H and O–H groups in total. The normalized spacial score (nSPS) is 11.2. The number of unbranched alkanes of at least 4 members (excludes halogenated alkanes) is 1. The summed E-state index contributed by atoms with van der Waals surface area (Å²) < 4.78 is 10.6. The molecule has 0 aliphatic rings. The van der Waals surface area contributed by atoms with Crippen LogP contribution in [-0.4, -0.2) is 31.2 Å². The fourth-order valence-corrected chi connectivity index (χ4v) is 5.83. The van der Waals surface area contributed by atoms with Crippen molar-refractivity contribution in [3.63, 3.8) is 0 Å². The summed E-state index contributed by atoms with van der Waals surface area (Å²) >= 11 is 5.27. The predicted octanol–water partition coefficient (Wildman–Crippen LogP) is 5.75. The number of nitrogens with zero attached hydrogens (tertiary/aromatic N) is 5. The number of terminal acetylenes is 1. The second-order valence-electron chi connectivity index (χ2n) is 8.02. The first-order chi connectivity index (χ1) is 17.1. The molecule has 0 saturated carbocycles. The number of methoxy groups -OCH3 is 1. The summed E-state index contributed by atoms with van der Waals surface area (Å²) in [4.78, 5) is 14.5. The molecule has 0 amide bonds. The molecule has 2 aromatic carbocycles.